The molecular weight excluding hydrogens is 233 g/mol. The average molecular weight is 239 g/mol. The topological polar surface area (TPSA) is 135 Å². The Kier molecular flexibility index (Phi) is 30.1. The number of carbonyl (C=O) groups is 1. The third-order valence-corrected chi connectivity index (χ3v) is 0.694. The van der Waals surface area contributed by atoms with Gasteiger partial charge < -0.3 is 26.3 Å². The minimum atomic E-state index is -2.28. The van der Waals surface area contributed by atoms with Crippen molar-refractivity contribution in [3.63, 3.8) is 0 Å². The first-order valence-corrected chi connectivity index (χ1v) is 2.36. The van der Waals surface area contributed by atoms with Crippen LogP contribution < -0.4 is 34.7 Å². The van der Waals surface area contributed by atoms with Crippen LogP contribution in [0.15, 0.2) is 0 Å². The standard InChI is InChI=1S/C2HCl3O2.Na.3H2O/c3-2(4,5)1(6)7;;;;/h(H,6,7);;3*1H2/q;+1;;;/p-1. The van der Waals surface area contributed by atoms with Crippen molar-refractivity contribution in [1.29, 1.82) is 0 Å². The zero-order valence-corrected chi connectivity index (χ0v) is 9.72. The fourth-order valence-corrected chi connectivity index (χ4v) is 0. The van der Waals surface area contributed by atoms with Crippen LogP contribution in [0.5, 0.6) is 0 Å². The zero-order valence-electron chi connectivity index (χ0n) is 5.45. The SMILES string of the molecule is O.O.O.O=C([O-])C(Cl)(Cl)Cl.[Na+]. The molecule has 0 saturated carbocycles. The van der Waals surface area contributed by atoms with Gasteiger partial charge in [-0.05, 0) is 0 Å². The number of halogens is 3. The first-order chi connectivity index (χ1) is 2.94. The molecule has 11 heavy (non-hydrogen) atoms. The van der Waals surface area contributed by atoms with Crippen LogP contribution in [0.25, 0.3) is 0 Å². The Labute approximate surface area is 99.8 Å². The van der Waals surface area contributed by atoms with E-state index < -0.39 is 9.76 Å². The fraction of sp³-hybridized carbons (Fsp3) is 0.500. The van der Waals surface area contributed by atoms with E-state index in [1.807, 2.05) is 0 Å². The van der Waals surface area contributed by atoms with Crippen LogP contribution in [-0.4, -0.2) is 26.2 Å². The van der Waals surface area contributed by atoms with E-state index in [2.05, 4.69) is 0 Å². The van der Waals surface area contributed by atoms with E-state index in [1.54, 1.807) is 0 Å². The van der Waals surface area contributed by atoms with Crippen molar-refractivity contribution in [2.45, 2.75) is 3.79 Å². The fourth-order valence-electron chi connectivity index (χ4n) is 0. The van der Waals surface area contributed by atoms with Crippen LogP contribution in [0, 0.1) is 0 Å². The second kappa shape index (κ2) is 11.2. The van der Waals surface area contributed by atoms with Gasteiger partial charge in [0.05, 0.1) is 5.97 Å². The van der Waals surface area contributed by atoms with E-state index in [0.717, 1.165) is 0 Å². The Balaban J connectivity index is -0.0000000300. The summed E-state index contributed by atoms with van der Waals surface area (Å²) in [5, 5.41) is 9.51. The van der Waals surface area contributed by atoms with E-state index in [9.17, 15) is 9.90 Å². The van der Waals surface area contributed by atoms with Crippen molar-refractivity contribution in [3.05, 3.63) is 0 Å². The molecule has 0 aliphatic carbocycles. The van der Waals surface area contributed by atoms with E-state index in [1.165, 1.54) is 0 Å². The van der Waals surface area contributed by atoms with Crippen molar-refractivity contribution in [3.8, 4) is 0 Å². The van der Waals surface area contributed by atoms with Gasteiger partial charge in [0.15, 0.2) is 0 Å². The third-order valence-electron chi connectivity index (χ3n) is 0.231. The van der Waals surface area contributed by atoms with Gasteiger partial charge in [0.25, 0.3) is 0 Å². The summed E-state index contributed by atoms with van der Waals surface area (Å²) in [5.74, 6) is -1.71. The summed E-state index contributed by atoms with van der Waals surface area (Å²) in [6.45, 7) is 0. The molecule has 0 fully saturated rings. The smallest absolute Gasteiger partial charge is 0.545 e. The molecule has 0 unspecified atom stereocenters. The second-order valence-electron chi connectivity index (χ2n) is 0.785. The quantitative estimate of drug-likeness (QED) is 0.308. The summed E-state index contributed by atoms with van der Waals surface area (Å²) in [6.07, 6.45) is 0. The van der Waals surface area contributed by atoms with Gasteiger partial charge in [-0.25, -0.2) is 0 Å². The molecule has 0 bridgehead atoms. The van der Waals surface area contributed by atoms with Gasteiger partial charge in [-0.3, -0.25) is 0 Å². The number of aliphatic carboxylic acids is 1. The molecule has 0 aliphatic rings. The van der Waals surface area contributed by atoms with Crippen LogP contribution in [0.2, 0.25) is 0 Å². The van der Waals surface area contributed by atoms with Gasteiger partial charge in [-0.15, -0.1) is 0 Å². The Morgan fingerprint density at radius 3 is 1.18 bits per heavy atom. The molecule has 9 heteroatoms. The van der Waals surface area contributed by atoms with Crippen LogP contribution in [-0.2, 0) is 4.79 Å². The molecule has 0 aromatic heterocycles. The van der Waals surface area contributed by atoms with Gasteiger partial charge in [0, 0.05) is 0 Å². The summed E-state index contributed by atoms with van der Waals surface area (Å²) in [7, 11) is 0. The largest absolute Gasteiger partial charge is 1.00 e. The average Bonchev–Trinajstić information content (AvgIpc) is 1.31. The molecule has 5 nitrogen and oxygen atoms in total. The van der Waals surface area contributed by atoms with Gasteiger partial charge in [-0.2, -0.15) is 0 Å². The Morgan fingerprint density at radius 2 is 1.18 bits per heavy atom. The molecule has 0 amide bonds. The van der Waals surface area contributed by atoms with Crippen LogP contribution in [0.1, 0.15) is 0 Å². The maximum atomic E-state index is 9.51. The minimum Gasteiger partial charge on any atom is -0.545 e. The molecule has 0 radical (unpaired) electrons. The molecule has 0 aromatic carbocycles. The summed E-state index contributed by atoms with van der Waals surface area (Å²) in [5.41, 5.74) is 0. The Hall–Kier alpha value is 1.22. The normalized spacial score (nSPS) is 7.18. The third kappa shape index (κ3) is 18.3. The zero-order chi connectivity index (χ0) is 6.08. The Morgan fingerprint density at radius 1 is 1.09 bits per heavy atom. The Bertz CT molecular complexity index is 92.2. The maximum absolute atomic E-state index is 9.51. The summed E-state index contributed by atoms with van der Waals surface area (Å²) < 4.78 is -2.28. The molecule has 0 aliphatic heterocycles. The van der Waals surface area contributed by atoms with Gasteiger partial charge in [0.2, 0.25) is 3.79 Å². The number of hydrogen-bond donors (Lipinski definition) is 0. The van der Waals surface area contributed by atoms with Crippen LogP contribution in [0.4, 0.5) is 0 Å². The summed E-state index contributed by atoms with van der Waals surface area (Å²) in [6, 6.07) is 0. The van der Waals surface area contributed by atoms with Gasteiger partial charge >= 0.3 is 29.6 Å². The molecule has 0 heterocycles. The second-order valence-corrected chi connectivity index (χ2v) is 3.07. The van der Waals surface area contributed by atoms with Crippen LogP contribution >= 0.6 is 34.8 Å². The predicted molar refractivity (Wildman–Crippen MR) is 36.1 cm³/mol. The van der Waals surface area contributed by atoms with E-state index >= 15 is 0 Å². The van der Waals surface area contributed by atoms with Gasteiger partial charge in [-0.1, -0.05) is 34.8 Å². The molecular formula is C2H6Cl3NaO5. The summed E-state index contributed by atoms with van der Waals surface area (Å²) >= 11 is 14.2. The van der Waals surface area contributed by atoms with E-state index in [4.69, 9.17) is 34.8 Å². The summed E-state index contributed by atoms with van der Waals surface area (Å²) in [4.78, 5) is 9.51. The molecule has 0 atom stereocenters. The van der Waals surface area contributed by atoms with Crippen molar-refractivity contribution in [1.82, 2.24) is 0 Å². The molecule has 0 rings (SSSR count). The number of carboxylic acids is 1. The molecule has 0 saturated heterocycles. The monoisotopic (exact) mass is 238 g/mol. The van der Waals surface area contributed by atoms with Crippen molar-refractivity contribution >= 4 is 40.8 Å². The molecule has 0 aromatic rings. The number of carbonyl (C=O) groups excluding carboxylic acids is 1. The number of hydrogen-bond acceptors (Lipinski definition) is 2. The van der Waals surface area contributed by atoms with E-state index in [-0.39, 0.29) is 46.0 Å². The number of carboxylic acid groups (broad SMARTS) is 1. The van der Waals surface area contributed by atoms with Crippen molar-refractivity contribution < 1.29 is 55.9 Å². The molecule has 66 valence electrons. The number of alkyl halides is 3. The number of rotatable bonds is 0. The molecule has 0 spiro atoms. The van der Waals surface area contributed by atoms with Crippen molar-refractivity contribution in [2.75, 3.05) is 0 Å². The van der Waals surface area contributed by atoms with Crippen LogP contribution in [0.3, 0.4) is 0 Å². The van der Waals surface area contributed by atoms with Crippen molar-refractivity contribution in [2.24, 2.45) is 0 Å². The first-order valence-electron chi connectivity index (χ1n) is 1.23. The van der Waals surface area contributed by atoms with E-state index in [0.29, 0.717) is 0 Å². The van der Waals surface area contributed by atoms with Gasteiger partial charge in [0.1, 0.15) is 0 Å². The predicted octanol–water partition coefficient (Wildman–Crippen LogP) is -5.36. The molecule has 6 N–H and O–H groups in total. The maximum Gasteiger partial charge on any atom is 1.00 e. The first kappa shape index (κ1) is 29.5. The minimum absolute atomic E-state index is 0.